The third-order valence-electron chi connectivity index (χ3n) is 2.24. The number of carbonyl (C=O) groups is 2. The Morgan fingerprint density at radius 1 is 1.35 bits per heavy atom. The Morgan fingerprint density at radius 2 is 2.05 bits per heavy atom. The average Bonchev–Trinajstić information content (AvgIpc) is 2.44. The Balaban J connectivity index is 2.99. The van der Waals surface area contributed by atoms with Crippen molar-refractivity contribution in [2.45, 2.75) is 6.92 Å². The van der Waals surface area contributed by atoms with Crippen molar-refractivity contribution in [2.24, 2.45) is 0 Å². The van der Waals surface area contributed by atoms with Crippen LogP contribution in [0.3, 0.4) is 0 Å². The van der Waals surface area contributed by atoms with E-state index >= 15 is 0 Å². The summed E-state index contributed by atoms with van der Waals surface area (Å²) in [4.78, 5) is 32.6. The summed E-state index contributed by atoms with van der Waals surface area (Å²) in [6.45, 7) is 1.32. The zero-order valence-electron chi connectivity index (χ0n) is 11.0. The topological polar surface area (TPSA) is 105 Å². The van der Waals surface area contributed by atoms with Crippen LogP contribution in [-0.2, 0) is 14.3 Å². The summed E-state index contributed by atoms with van der Waals surface area (Å²) in [6, 6.07) is 3.58. The zero-order valence-corrected chi connectivity index (χ0v) is 11.0. The zero-order chi connectivity index (χ0) is 15.1. The van der Waals surface area contributed by atoms with Gasteiger partial charge in [-0.15, -0.1) is 0 Å². The van der Waals surface area contributed by atoms with Gasteiger partial charge in [0.1, 0.15) is 0 Å². The van der Waals surface area contributed by atoms with Crippen LogP contribution in [0.2, 0.25) is 0 Å². The average molecular weight is 283 g/mol. The number of methoxy groups -OCH3 is 1. The smallest absolute Gasteiger partial charge is 0.343 e. The molecule has 0 aromatic heterocycles. The Bertz CT molecular complexity index is 527. The van der Waals surface area contributed by atoms with E-state index < -0.39 is 29.2 Å². The monoisotopic (exact) mass is 283 g/mol. The first kappa shape index (κ1) is 15.4. The Hall–Kier alpha value is -2.64. The molecule has 8 nitrogen and oxygen atoms in total. The highest BCUT2D eigenvalue weighted by Crippen LogP contribution is 2.28. The number of hydrogen-bond acceptors (Lipinski definition) is 7. The van der Waals surface area contributed by atoms with Gasteiger partial charge in [-0.25, -0.2) is 9.59 Å². The molecule has 20 heavy (non-hydrogen) atoms. The molecular formula is C12H13NO7. The molecule has 0 fully saturated rings. The molecule has 0 radical (unpaired) electrons. The van der Waals surface area contributed by atoms with Gasteiger partial charge >= 0.3 is 17.6 Å². The van der Waals surface area contributed by atoms with E-state index in [0.29, 0.717) is 0 Å². The maximum Gasteiger partial charge on any atom is 0.343 e. The van der Waals surface area contributed by atoms with Gasteiger partial charge < -0.3 is 14.2 Å². The Morgan fingerprint density at radius 3 is 2.60 bits per heavy atom. The minimum atomic E-state index is -0.713. The number of carbonyl (C=O) groups excluding carboxylic acids is 2. The molecule has 0 N–H and O–H groups in total. The highest BCUT2D eigenvalue weighted by atomic mass is 16.6. The molecule has 0 atom stereocenters. The van der Waals surface area contributed by atoms with Gasteiger partial charge in [0, 0.05) is 6.07 Å². The van der Waals surface area contributed by atoms with Crippen molar-refractivity contribution in [3.63, 3.8) is 0 Å². The largest absolute Gasteiger partial charge is 0.475 e. The summed E-state index contributed by atoms with van der Waals surface area (Å²) >= 11 is 0. The number of benzene rings is 1. The third-order valence-corrected chi connectivity index (χ3v) is 2.24. The van der Waals surface area contributed by atoms with Gasteiger partial charge in [-0.3, -0.25) is 10.1 Å². The number of ether oxygens (including phenoxy) is 3. The lowest BCUT2D eigenvalue weighted by atomic mass is 10.2. The van der Waals surface area contributed by atoms with Crippen molar-refractivity contribution in [2.75, 3.05) is 20.3 Å². The van der Waals surface area contributed by atoms with Gasteiger partial charge in [-0.1, -0.05) is 0 Å². The summed E-state index contributed by atoms with van der Waals surface area (Å²) in [7, 11) is 1.17. The number of hydrogen-bond donors (Lipinski definition) is 0. The van der Waals surface area contributed by atoms with E-state index in [4.69, 9.17) is 9.47 Å². The number of esters is 2. The minimum Gasteiger partial charge on any atom is -0.475 e. The fourth-order valence-corrected chi connectivity index (χ4v) is 1.32. The van der Waals surface area contributed by atoms with Crippen LogP contribution in [0.15, 0.2) is 18.2 Å². The minimum absolute atomic E-state index is 0.0315. The van der Waals surface area contributed by atoms with Gasteiger partial charge in [0.05, 0.1) is 24.2 Å². The van der Waals surface area contributed by atoms with E-state index in [1.807, 2.05) is 0 Å². The predicted octanol–water partition coefficient (Wildman–Crippen LogP) is 1.32. The molecule has 108 valence electrons. The van der Waals surface area contributed by atoms with Gasteiger partial charge in [0.2, 0.25) is 0 Å². The van der Waals surface area contributed by atoms with E-state index in [1.54, 1.807) is 6.92 Å². The molecule has 0 bridgehead atoms. The fraction of sp³-hybridized carbons (Fsp3) is 0.333. The van der Waals surface area contributed by atoms with E-state index in [1.165, 1.54) is 19.2 Å². The molecule has 0 aliphatic rings. The number of nitrogens with zero attached hydrogens (tertiary/aromatic N) is 1. The number of nitro groups is 1. The predicted molar refractivity (Wildman–Crippen MR) is 66.6 cm³/mol. The van der Waals surface area contributed by atoms with Crippen LogP contribution in [-0.4, -0.2) is 37.2 Å². The SMILES string of the molecule is CCOC(=O)c1ccc(OCC(=O)OC)c([N+](=O)[O-])c1. The number of rotatable bonds is 6. The lowest BCUT2D eigenvalue weighted by molar-refractivity contribution is -0.385. The summed E-state index contributed by atoms with van der Waals surface area (Å²) in [6.07, 6.45) is 0. The van der Waals surface area contributed by atoms with Crippen molar-refractivity contribution in [1.29, 1.82) is 0 Å². The van der Waals surface area contributed by atoms with E-state index in [9.17, 15) is 19.7 Å². The summed E-state index contributed by atoms with van der Waals surface area (Å²) in [5, 5.41) is 10.9. The van der Waals surface area contributed by atoms with Gasteiger partial charge in [0.15, 0.2) is 12.4 Å². The summed E-state index contributed by atoms with van der Waals surface area (Å²) in [5.74, 6) is -1.47. The van der Waals surface area contributed by atoms with Crippen molar-refractivity contribution < 1.29 is 28.7 Å². The molecule has 0 aliphatic carbocycles. The van der Waals surface area contributed by atoms with E-state index in [0.717, 1.165) is 6.07 Å². The van der Waals surface area contributed by atoms with Crippen LogP contribution in [0.5, 0.6) is 5.75 Å². The van der Waals surface area contributed by atoms with Crippen LogP contribution < -0.4 is 4.74 Å². The summed E-state index contributed by atoms with van der Waals surface area (Å²) < 4.78 is 14.1. The van der Waals surface area contributed by atoms with E-state index in [2.05, 4.69) is 4.74 Å². The van der Waals surface area contributed by atoms with Crippen LogP contribution >= 0.6 is 0 Å². The lowest BCUT2D eigenvalue weighted by Crippen LogP contribution is -2.13. The van der Waals surface area contributed by atoms with Gasteiger partial charge in [-0.2, -0.15) is 0 Å². The molecule has 0 amide bonds. The van der Waals surface area contributed by atoms with Gasteiger partial charge in [-0.05, 0) is 19.1 Å². The maximum atomic E-state index is 11.5. The van der Waals surface area contributed by atoms with Crippen LogP contribution in [0.1, 0.15) is 17.3 Å². The second kappa shape index (κ2) is 7.07. The fourth-order valence-electron chi connectivity index (χ4n) is 1.32. The first-order chi connectivity index (χ1) is 9.49. The first-order valence-electron chi connectivity index (χ1n) is 5.64. The second-order valence-corrected chi connectivity index (χ2v) is 3.52. The molecule has 0 aliphatic heterocycles. The van der Waals surface area contributed by atoms with Crippen LogP contribution in [0.4, 0.5) is 5.69 Å². The van der Waals surface area contributed by atoms with Crippen molar-refractivity contribution in [1.82, 2.24) is 0 Å². The van der Waals surface area contributed by atoms with E-state index in [-0.39, 0.29) is 17.9 Å². The Labute approximate surface area is 114 Å². The molecule has 0 saturated heterocycles. The number of nitro benzene ring substituents is 1. The molecular weight excluding hydrogens is 270 g/mol. The molecule has 0 heterocycles. The normalized spacial score (nSPS) is 9.70. The molecule has 0 saturated carbocycles. The third kappa shape index (κ3) is 3.94. The molecule has 8 heteroatoms. The van der Waals surface area contributed by atoms with Crippen molar-refractivity contribution in [3.05, 3.63) is 33.9 Å². The maximum absolute atomic E-state index is 11.5. The second-order valence-electron chi connectivity index (χ2n) is 3.52. The van der Waals surface area contributed by atoms with Crippen molar-refractivity contribution in [3.8, 4) is 5.75 Å². The molecule has 1 aromatic rings. The quantitative estimate of drug-likeness (QED) is 0.440. The highest BCUT2D eigenvalue weighted by Gasteiger charge is 2.20. The molecule has 1 rings (SSSR count). The highest BCUT2D eigenvalue weighted by molar-refractivity contribution is 5.90. The van der Waals surface area contributed by atoms with Gasteiger partial charge in [0.25, 0.3) is 0 Å². The molecule has 0 unspecified atom stereocenters. The van der Waals surface area contributed by atoms with Crippen LogP contribution in [0, 0.1) is 10.1 Å². The lowest BCUT2D eigenvalue weighted by Gasteiger charge is -2.07. The molecule has 0 spiro atoms. The first-order valence-corrected chi connectivity index (χ1v) is 5.64. The Kier molecular flexibility index (Phi) is 5.45. The standard InChI is InChI=1S/C12H13NO7/c1-3-19-12(15)8-4-5-10(9(6-8)13(16)17)20-7-11(14)18-2/h4-6H,3,7H2,1-2H3. The molecule has 1 aromatic carbocycles. The van der Waals surface area contributed by atoms with Crippen LogP contribution in [0.25, 0.3) is 0 Å². The summed E-state index contributed by atoms with van der Waals surface area (Å²) in [5.41, 5.74) is -0.400. The van der Waals surface area contributed by atoms with Crippen molar-refractivity contribution >= 4 is 17.6 Å².